The van der Waals surface area contributed by atoms with Crippen molar-refractivity contribution in [3.8, 4) is 11.1 Å². The Labute approximate surface area is 192 Å². The highest BCUT2D eigenvalue weighted by Gasteiger charge is 2.26. The van der Waals surface area contributed by atoms with E-state index in [1.807, 2.05) is 19.2 Å². The topological polar surface area (TPSA) is 64.6 Å². The van der Waals surface area contributed by atoms with Gasteiger partial charge in [0, 0.05) is 26.2 Å². The predicted molar refractivity (Wildman–Crippen MR) is 123 cm³/mol. The summed E-state index contributed by atoms with van der Waals surface area (Å²) in [6.45, 7) is 3.33. The number of halogens is 3. The van der Waals surface area contributed by atoms with Crippen LogP contribution in [-0.4, -0.2) is 60.1 Å². The van der Waals surface area contributed by atoms with Crippen LogP contribution in [0.15, 0.2) is 48.5 Å². The van der Waals surface area contributed by atoms with E-state index in [1.165, 1.54) is 5.56 Å². The fourth-order valence-electron chi connectivity index (χ4n) is 3.84. The lowest BCUT2D eigenvalue weighted by Crippen LogP contribution is -2.49. The van der Waals surface area contributed by atoms with E-state index < -0.39 is 29.6 Å². The molecule has 31 heavy (non-hydrogen) atoms. The van der Waals surface area contributed by atoms with Gasteiger partial charge in [0.05, 0.1) is 6.04 Å². The average Bonchev–Trinajstić information content (AvgIpc) is 2.76. The van der Waals surface area contributed by atoms with E-state index in [4.69, 9.17) is 23.2 Å². The summed E-state index contributed by atoms with van der Waals surface area (Å²) in [7, 11) is 1.99. The smallest absolute Gasteiger partial charge is 0.253 e. The number of hydrogen-bond acceptors (Lipinski definition) is 4. The lowest BCUT2D eigenvalue weighted by atomic mass is 9.97. The fourth-order valence-corrected chi connectivity index (χ4v) is 3.96. The second kappa shape index (κ2) is 11.2. The third kappa shape index (κ3) is 6.40. The molecule has 8 heteroatoms. The highest BCUT2D eigenvalue weighted by atomic mass is 35.5. The van der Waals surface area contributed by atoms with E-state index in [-0.39, 0.29) is 0 Å². The maximum atomic E-state index is 13.3. The molecule has 1 heterocycles. The van der Waals surface area contributed by atoms with E-state index in [0.29, 0.717) is 5.56 Å². The maximum absolute atomic E-state index is 13.3. The maximum Gasteiger partial charge on any atom is 0.253 e. The summed E-state index contributed by atoms with van der Waals surface area (Å²) in [6, 6.07) is 14.5. The molecule has 2 unspecified atom stereocenters. The first kappa shape index (κ1) is 24.0. The Morgan fingerprint density at radius 2 is 1.71 bits per heavy atom. The number of benzene rings is 2. The highest BCUT2D eigenvalue weighted by molar-refractivity contribution is 6.53. The van der Waals surface area contributed by atoms with Crippen molar-refractivity contribution < 1.29 is 14.3 Å². The lowest BCUT2D eigenvalue weighted by Gasteiger charge is -2.39. The molecule has 3 N–H and O–H groups in total. The van der Waals surface area contributed by atoms with Gasteiger partial charge in [-0.2, -0.15) is 0 Å². The normalized spacial score (nSPS) is 16.7. The van der Waals surface area contributed by atoms with Gasteiger partial charge in [-0.15, -0.1) is 0 Å². The van der Waals surface area contributed by atoms with Gasteiger partial charge in [0.1, 0.15) is 12.8 Å². The van der Waals surface area contributed by atoms with Gasteiger partial charge < -0.3 is 15.7 Å². The second-order valence-corrected chi connectivity index (χ2v) is 9.05. The molecular formula is C23H28Cl2FN3O2. The van der Waals surface area contributed by atoms with Crippen molar-refractivity contribution in [3.05, 3.63) is 59.7 Å². The van der Waals surface area contributed by atoms with E-state index in [9.17, 15) is 14.3 Å². The second-order valence-electron chi connectivity index (χ2n) is 7.95. The molecule has 0 radical (unpaired) electrons. The first-order chi connectivity index (χ1) is 14.9. The van der Waals surface area contributed by atoms with Crippen molar-refractivity contribution in [2.24, 2.45) is 5.92 Å². The third-order valence-corrected chi connectivity index (χ3v) is 5.94. The molecule has 3 rings (SSSR count). The number of rotatable bonds is 10. The molecule has 168 valence electrons. The molecule has 1 saturated heterocycles. The summed E-state index contributed by atoms with van der Waals surface area (Å²) in [4.78, 5) is 12.7. The van der Waals surface area contributed by atoms with E-state index in [1.54, 1.807) is 12.1 Å². The number of nitrogens with zero attached hydrogens (tertiary/aromatic N) is 1. The standard InChI is InChI=1S/C23H28Cl2FN3O2/c1-27-11-16-13-29(14-16)12-15-2-4-17(5-3-15)18-6-8-19(9-7-18)21(30)20(10-26)28-23(31)22(24)25/h2-9,16,20-22,27,30H,10-14H2,1H3,(H,28,31). The van der Waals surface area contributed by atoms with E-state index in [0.717, 1.165) is 43.2 Å². The van der Waals surface area contributed by atoms with Crippen LogP contribution >= 0.6 is 23.2 Å². The van der Waals surface area contributed by atoms with Gasteiger partial charge in [0.2, 0.25) is 0 Å². The lowest BCUT2D eigenvalue weighted by molar-refractivity contribution is -0.121. The Hall–Kier alpha value is -1.70. The molecular weight excluding hydrogens is 440 g/mol. The zero-order chi connectivity index (χ0) is 22.4. The highest BCUT2D eigenvalue weighted by Crippen LogP contribution is 2.25. The predicted octanol–water partition coefficient (Wildman–Crippen LogP) is 3.30. The van der Waals surface area contributed by atoms with E-state index in [2.05, 4.69) is 39.8 Å². The summed E-state index contributed by atoms with van der Waals surface area (Å²) >= 11 is 11.0. The Balaban J connectivity index is 1.58. The van der Waals surface area contributed by atoms with Crippen molar-refractivity contribution in [2.45, 2.75) is 23.5 Å². The van der Waals surface area contributed by atoms with Gasteiger partial charge in [-0.3, -0.25) is 9.69 Å². The van der Waals surface area contributed by atoms with Gasteiger partial charge in [-0.1, -0.05) is 71.7 Å². The number of likely N-dealkylation sites (tertiary alicyclic amines) is 1. The first-order valence-electron chi connectivity index (χ1n) is 10.3. The molecule has 0 bridgehead atoms. The van der Waals surface area contributed by atoms with Crippen molar-refractivity contribution in [2.75, 3.05) is 33.4 Å². The van der Waals surface area contributed by atoms with Crippen LogP contribution in [0.1, 0.15) is 17.2 Å². The molecule has 2 aromatic carbocycles. The van der Waals surface area contributed by atoms with E-state index >= 15 is 0 Å². The Bertz CT molecular complexity index is 843. The number of hydrogen-bond donors (Lipinski definition) is 3. The Kier molecular flexibility index (Phi) is 8.69. The number of alkyl halides is 3. The molecule has 0 saturated carbocycles. The largest absolute Gasteiger partial charge is 0.386 e. The monoisotopic (exact) mass is 467 g/mol. The quantitative estimate of drug-likeness (QED) is 0.469. The van der Waals surface area contributed by atoms with Crippen molar-refractivity contribution in [1.29, 1.82) is 0 Å². The summed E-state index contributed by atoms with van der Waals surface area (Å²) in [5, 5.41) is 16.0. The molecule has 1 aliphatic rings. The van der Waals surface area contributed by atoms with Crippen LogP contribution in [-0.2, 0) is 11.3 Å². The van der Waals surface area contributed by atoms with Gasteiger partial charge in [0.15, 0.2) is 4.84 Å². The molecule has 5 nitrogen and oxygen atoms in total. The zero-order valence-electron chi connectivity index (χ0n) is 17.4. The number of nitrogens with one attached hydrogen (secondary N) is 2. The molecule has 2 atom stereocenters. The summed E-state index contributed by atoms with van der Waals surface area (Å²) in [6.07, 6.45) is -1.21. The van der Waals surface area contributed by atoms with Crippen LogP contribution in [0, 0.1) is 5.92 Å². The fraction of sp³-hybridized carbons (Fsp3) is 0.435. The van der Waals surface area contributed by atoms with Crippen LogP contribution in [0.5, 0.6) is 0 Å². The number of aliphatic hydroxyl groups is 1. The van der Waals surface area contributed by atoms with Crippen LogP contribution in [0.25, 0.3) is 11.1 Å². The van der Waals surface area contributed by atoms with Crippen molar-refractivity contribution >= 4 is 29.1 Å². The van der Waals surface area contributed by atoms with Gasteiger partial charge in [0.25, 0.3) is 5.91 Å². The number of carbonyl (C=O) groups excluding carboxylic acids is 1. The number of aliphatic hydroxyl groups excluding tert-OH is 1. The summed E-state index contributed by atoms with van der Waals surface area (Å²) < 4.78 is 13.3. The third-order valence-electron chi connectivity index (χ3n) is 5.54. The van der Waals surface area contributed by atoms with Gasteiger partial charge >= 0.3 is 0 Å². The Morgan fingerprint density at radius 3 is 2.23 bits per heavy atom. The van der Waals surface area contributed by atoms with Crippen LogP contribution in [0.3, 0.4) is 0 Å². The summed E-state index contributed by atoms with van der Waals surface area (Å²) in [5.41, 5.74) is 3.82. The molecule has 1 fully saturated rings. The molecule has 2 aromatic rings. The van der Waals surface area contributed by atoms with Gasteiger partial charge in [-0.05, 0) is 35.2 Å². The SMILES string of the molecule is CNCC1CN(Cc2ccc(-c3ccc(C(O)C(CF)NC(=O)C(Cl)Cl)cc3)cc2)C1. The van der Waals surface area contributed by atoms with Crippen molar-refractivity contribution in [3.63, 3.8) is 0 Å². The average molecular weight is 468 g/mol. The minimum Gasteiger partial charge on any atom is -0.386 e. The first-order valence-corrected chi connectivity index (χ1v) is 11.2. The number of amides is 1. The minimum absolute atomic E-state index is 0.498. The number of carbonyl (C=O) groups is 1. The van der Waals surface area contributed by atoms with Crippen LogP contribution in [0.2, 0.25) is 0 Å². The summed E-state index contributed by atoms with van der Waals surface area (Å²) in [5.74, 6) is 0.00673. The molecule has 1 amide bonds. The molecule has 1 aliphatic heterocycles. The molecule has 0 aliphatic carbocycles. The Morgan fingerprint density at radius 1 is 1.13 bits per heavy atom. The molecule has 0 spiro atoms. The van der Waals surface area contributed by atoms with Crippen molar-refractivity contribution in [1.82, 2.24) is 15.5 Å². The minimum atomic E-state index is -1.32. The molecule has 0 aromatic heterocycles. The van der Waals surface area contributed by atoms with Gasteiger partial charge in [-0.25, -0.2) is 4.39 Å². The van der Waals surface area contributed by atoms with Crippen LogP contribution < -0.4 is 10.6 Å². The van der Waals surface area contributed by atoms with Crippen LogP contribution in [0.4, 0.5) is 4.39 Å². The zero-order valence-corrected chi connectivity index (χ0v) is 18.9.